The molecule has 1 amide bonds. The molecule has 0 radical (unpaired) electrons. The molecular formula is C10H17N3OS. The number of aromatic nitrogens is 1. The highest BCUT2D eigenvalue weighted by Gasteiger charge is 2.05. The van der Waals surface area contributed by atoms with Crippen LogP contribution in [-0.4, -0.2) is 23.5 Å². The van der Waals surface area contributed by atoms with E-state index in [-0.39, 0.29) is 5.91 Å². The molecule has 0 bridgehead atoms. The van der Waals surface area contributed by atoms with Crippen LogP contribution in [0.5, 0.6) is 0 Å². The van der Waals surface area contributed by atoms with Crippen LogP contribution in [0.25, 0.3) is 0 Å². The average Bonchev–Trinajstić information content (AvgIpc) is 2.58. The van der Waals surface area contributed by atoms with Crippen molar-refractivity contribution in [2.45, 2.75) is 32.7 Å². The molecule has 0 fully saturated rings. The number of nitrogens with zero attached hydrogens (tertiary/aromatic N) is 1. The smallest absolute Gasteiger partial charge is 0.236 e. The molecule has 5 heteroatoms. The largest absolute Gasteiger partial charge is 0.355 e. The fraction of sp³-hybridized carbons (Fsp3) is 0.600. The Morgan fingerprint density at radius 2 is 2.47 bits per heavy atom. The SMILES string of the molecule is Cc1csc(CCCNC(=O)C(C)N)n1. The Labute approximate surface area is 93.9 Å². The van der Waals surface area contributed by atoms with Crippen molar-refractivity contribution < 1.29 is 4.79 Å². The molecule has 0 aliphatic carbocycles. The molecule has 1 rings (SSSR count). The third-order valence-electron chi connectivity index (χ3n) is 1.95. The number of amides is 1. The number of thiazole rings is 1. The quantitative estimate of drug-likeness (QED) is 0.733. The van der Waals surface area contributed by atoms with Gasteiger partial charge in [-0.25, -0.2) is 4.98 Å². The van der Waals surface area contributed by atoms with Gasteiger partial charge in [-0.15, -0.1) is 11.3 Å². The van der Waals surface area contributed by atoms with Gasteiger partial charge in [0.15, 0.2) is 0 Å². The third kappa shape index (κ3) is 4.40. The van der Waals surface area contributed by atoms with Crippen molar-refractivity contribution in [3.63, 3.8) is 0 Å². The van der Waals surface area contributed by atoms with Gasteiger partial charge in [0.25, 0.3) is 0 Å². The molecule has 0 saturated heterocycles. The molecule has 4 nitrogen and oxygen atoms in total. The first-order valence-electron chi connectivity index (χ1n) is 5.04. The first-order valence-corrected chi connectivity index (χ1v) is 5.92. The van der Waals surface area contributed by atoms with E-state index in [1.54, 1.807) is 18.3 Å². The zero-order valence-corrected chi connectivity index (χ0v) is 9.93. The fourth-order valence-electron chi connectivity index (χ4n) is 1.13. The summed E-state index contributed by atoms with van der Waals surface area (Å²) in [7, 11) is 0. The minimum atomic E-state index is -0.424. The lowest BCUT2D eigenvalue weighted by molar-refractivity contribution is -0.121. The summed E-state index contributed by atoms with van der Waals surface area (Å²) in [5.74, 6) is -0.0923. The summed E-state index contributed by atoms with van der Waals surface area (Å²) < 4.78 is 0. The summed E-state index contributed by atoms with van der Waals surface area (Å²) in [4.78, 5) is 15.5. The predicted octanol–water partition coefficient (Wildman–Crippen LogP) is 0.848. The maximum absolute atomic E-state index is 11.1. The lowest BCUT2D eigenvalue weighted by Crippen LogP contribution is -2.38. The standard InChI is InChI=1S/C10H17N3OS/c1-7-6-15-9(13-7)4-3-5-12-10(14)8(2)11/h6,8H,3-5,11H2,1-2H3,(H,12,14). The summed E-state index contributed by atoms with van der Waals surface area (Å²) in [6, 6.07) is -0.424. The summed E-state index contributed by atoms with van der Waals surface area (Å²) >= 11 is 1.67. The van der Waals surface area contributed by atoms with E-state index in [2.05, 4.69) is 10.3 Å². The molecule has 84 valence electrons. The number of hydrogen-bond acceptors (Lipinski definition) is 4. The molecule has 15 heavy (non-hydrogen) atoms. The molecule has 0 spiro atoms. The van der Waals surface area contributed by atoms with E-state index in [1.807, 2.05) is 12.3 Å². The zero-order valence-electron chi connectivity index (χ0n) is 9.12. The van der Waals surface area contributed by atoms with Crippen LogP contribution in [-0.2, 0) is 11.2 Å². The second-order valence-corrected chi connectivity index (χ2v) is 4.51. The fourth-order valence-corrected chi connectivity index (χ4v) is 1.95. The first-order chi connectivity index (χ1) is 7.09. The van der Waals surface area contributed by atoms with Gasteiger partial charge in [0, 0.05) is 24.0 Å². The van der Waals surface area contributed by atoms with Crippen LogP contribution in [0.4, 0.5) is 0 Å². The van der Waals surface area contributed by atoms with Crippen molar-refractivity contribution in [3.05, 3.63) is 16.1 Å². The highest BCUT2D eigenvalue weighted by atomic mass is 32.1. The lowest BCUT2D eigenvalue weighted by Gasteiger charge is -2.06. The van der Waals surface area contributed by atoms with Crippen molar-refractivity contribution in [2.24, 2.45) is 5.73 Å². The van der Waals surface area contributed by atoms with Crippen molar-refractivity contribution >= 4 is 17.2 Å². The van der Waals surface area contributed by atoms with Crippen LogP contribution in [0.3, 0.4) is 0 Å². The molecule has 0 aliphatic heterocycles. The van der Waals surface area contributed by atoms with E-state index < -0.39 is 6.04 Å². The lowest BCUT2D eigenvalue weighted by atomic mass is 10.3. The van der Waals surface area contributed by atoms with Crippen LogP contribution >= 0.6 is 11.3 Å². The Bertz CT molecular complexity index is 322. The van der Waals surface area contributed by atoms with E-state index >= 15 is 0 Å². The van der Waals surface area contributed by atoms with E-state index in [0.717, 1.165) is 23.5 Å². The van der Waals surface area contributed by atoms with E-state index in [9.17, 15) is 4.79 Å². The number of hydrogen-bond donors (Lipinski definition) is 2. The molecule has 0 aromatic carbocycles. The summed E-state index contributed by atoms with van der Waals surface area (Å²) in [6.07, 6.45) is 1.82. The number of nitrogens with two attached hydrogens (primary N) is 1. The molecule has 3 N–H and O–H groups in total. The van der Waals surface area contributed by atoms with Gasteiger partial charge in [-0.2, -0.15) is 0 Å². The normalized spacial score (nSPS) is 12.5. The second-order valence-electron chi connectivity index (χ2n) is 3.57. The molecule has 0 saturated carbocycles. The minimum absolute atomic E-state index is 0.0923. The van der Waals surface area contributed by atoms with Gasteiger partial charge in [0.1, 0.15) is 0 Å². The summed E-state index contributed by atoms with van der Waals surface area (Å²) in [6.45, 7) is 4.33. The second kappa shape index (κ2) is 5.82. The Hall–Kier alpha value is -0.940. The van der Waals surface area contributed by atoms with Crippen molar-refractivity contribution in [3.8, 4) is 0 Å². The molecular weight excluding hydrogens is 210 g/mol. The van der Waals surface area contributed by atoms with Gasteiger partial charge < -0.3 is 11.1 Å². The van der Waals surface area contributed by atoms with E-state index in [0.29, 0.717) is 6.54 Å². The number of rotatable bonds is 5. The number of carbonyl (C=O) groups excluding carboxylic acids is 1. The Kier molecular flexibility index (Phi) is 4.71. The zero-order chi connectivity index (χ0) is 11.3. The maximum atomic E-state index is 11.1. The van der Waals surface area contributed by atoms with E-state index in [4.69, 9.17) is 5.73 Å². The Balaban J connectivity index is 2.15. The van der Waals surface area contributed by atoms with Gasteiger partial charge in [0.2, 0.25) is 5.91 Å². The molecule has 1 aromatic rings. The first kappa shape index (κ1) is 12.1. The molecule has 1 aromatic heterocycles. The van der Waals surface area contributed by atoms with Crippen LogP contribution in [0.15, 0.2) is 5.38 Å². The number of aryl methyl sites for hydroxylation is 2. The highest BCUT2D eigenvalue weighted by molar-refractivity contribution is 7.09. The van der Waals surface area contributed by atoms with Crippen LogP contribution < -0.4 is 11.1 Å². The third-order valence-corrected chi connectivity index (χ3v) is 2.97. The van der Waals surface area contributed by atoms with E-state index in [1.165, 1.54) is 0 Å². The highest BCUT2D eigenvalue weighted by Crippen LogP contribution is 2.10. The van der Waals surface area contributed by atoms with Gasteiger partial charge in [-0.3, -0.25) is 4.79 Å². The summed E-state index contributed by atoms with van der Waals surface area (Å²) in [5, 5.41) is 5.94. The Morgan fingerprint density at radius 3 is 3.00 bits per heavy atom. The summed E-state index contributed by atoms with van der Waals surface area (Å²) in [5.41, 5.74) is 6.47. The molecule has 1 atom stereocenters. The molecule has 1 unspecified atom stereocenters. The van der Waals surface area contributed by atoms with Crippen LogP contribution in [0.2, 0.25) is 0 Å². The molecule has 0 aliphatic rings. The monoisotopic (exact) mass is 227 g/mol. The number of carbonyl (C=O) groups is 1. The van der Waals surface area contributed by atoms with Gasteiger partial charge in [-0.05, 0) is 20.3 Å². The van der Waals surface area contributed by atoms with Crippen LogP contribution in [0, 0.1) is 6.92 Å². The number of nitrogens with one attached hydrogen (secondary N) is 1. The van der Waals surface area contributed by atoms with Gasteiger partial charge in [0.05, 0.1) is 11.0 Å². The van der Waals surface area contributed by atoms with Crippen LogP contribution in [0.1, 0.15) is 24.0 Å². The van der Waals surface area contributed by atoms with Crippen molar-refractivity contribution in [1.29, 1.82) is 0 Å². The van der Waals surface area contributed by atoms with Gasteiger partial charge >= 0.3 is 0 Å². The predicted molar refractivity (Wildman–Crippen MR) is 61.8 cm³/mol. The minimum Gasteiger partial charge on any atom is -0.355 e. The van der Waals surface area contributed by atoms with Gasteiger partial charge in [-0.1, -0.05) is 0 Å². The topological polar surface area (TPSA) is 68.0 Å². The maximum Gasteiger partial charge on any atom is 0.236 e. The average molecular weight is 227 g/mol. The Morgan fingerprint density at radius 1 is 1.73 bits per heavy atom. The molecule has 1 heterocycles. The van der Waals surface area contributed by atoms with Crippen molar-refractivity contribution in [2.75, 3.05) is 6.54 Å². The van der Waals surface area contributed by atoms with Crippen molar-refractivity contribution in [1.82, 2.24) is 10.3 Å².